The topological polar surface area (TPSA) is 61.6 Å². The van der Waals surface area contributed by atoms with E-state index in [1.54, 1.807) is 31.4 Å². The van der Waals surface area contributed by atoms with Crippen molar-refractivity contribution >= 4 is 28.5 Å². The van der Waals surface area contributed by atoms with Crippen LogP contribution < -0.4 is 9.47 Å². The van der Waals surface area contributed by atoms with Gasteiger partial charge in [0.2, 0.25) is 5.89 Å². The number of benzene rings is 3. The predicted molar refractivity (Wildman–Crippen MR) is 124 cm³/mol. The van der Waals surface area contributed by atoms with Crippen LogP contribution in [-0.2, 0) is 0 Å². The number of hydrogen-bond acceptors (Lipinski definition) is 5. The highest BCUT2D eigenvalue weighted by Crippen LogP contribution is 2.33. The number of allylic oxidation sites excluding steroid dienone is 1. The number of carbonyl (C=O) groups is 1. The van der Waals surface area contributed by atoms with E-state index < -0.39 is 0 Å². The highest BCUT2D eigenvalue weighted by Gasteiger charge is 2.24. The van der Waals surface area contributed by atoms with Crippen molar-refractivity contribution in [3.8, 4) is 11.5 Å². The minimum absolute atomic E-state index is 0.206. The molecular formula is C27H21NO4. The Morgan fingerprint density at radius 1 is 1.03 bits per heavy atom. The number of oxazole rings is 1. The van der Waals surface area contributed by atoms with E-state index in [4.69, 9.17) is 13.9 Å². The molecular weight excluding hydrogens is 402 g/mol. The van der Waals surface area contributed by atoms with Gasteiger partial charge in [0.05, 0.1) is 12.7 Å². The van der Waals surface area contributed by atoms with Crippen molar-refractivity contribution in [3.63, 3.8) is 0 Å². The van der Waals surface area contributed by atoms with Crippen molar-refractivity contribution in [2.75, 3.05) is 7.11 Å². The molecule has 1 atom stereocenters. The minimum Gasteiger partial charge on any atom is -0.497 e. The van der Waals surface area contributed by atoms with Crippen LogP contribution in [0.3, 0.4) is 0 Å². The maximum absolute atomic E-state index is 13.6. The highest BCUT2D eigenvalue weighted by atomic mass is 16.5. The third-order valence-electron chi connectivity index (χ3n) is 5.43. The first-order chi connectivity index (χ1) is 15.6. The van der Waals surface area contributed by atoms with Crippen molar-refractivity contribution in [1.82, 2.24) is 4.98 Å². The quantitative estimate of drug-likeness (QED) is 0.292. The average molecular weight is 423 g/mol. The maximum atomic E-state index is 13.6. The molecule has 0 fully saturated rings. The number of Topliss-reactive ketones (excluding diaryl/α,β-unsaturated/α-hetero) is 1. The summed E-state index contributed by atoms with van der Waals surface area (Å²) in [5.74, 6) is 1.49. The fraction of sp³-hybridized carbons (Fsp3) is 0.111. The summed E-state index contributed by atoms with van der Waals surface area (Å²) in [6.45, 7) is 1.96. The van der Waals surface area contributed by atoms with Gasteiger partial charge in [0.15, 0.2) is 11.4 Å². The number of nitrogens with zero attached hydrogens (tertiary/aromatic N) is 1. The summed E-state index contributed by atoms with van der Waals surface area (Å²) in [5.41, 5.74) is 3.98. The number of rotatable bonds is 5. The van der Waals surface area contributed by atoms with Gasteiger partial charge >= 0.3 is 0 Å². The van der Waals surface area contributed by atoms with Crippen molar-refractivity contribution in [3.05, 3.63) is 101 Å². The number of ketones is 1. The molecule has 0 radical (unpaired) electrons. The summed E-state index contributed by atoms with van der Waals surface area (Å²) < 4.78 is 17.3. The molecule has 2 heterocycles. The SMILES string of the molecule is COc1cccc(C(=O)/C(=C/C2=Cc3ccccc3O[C@@H]2C)c2nc3ccccc3o2)c1. The van der Waals surface area contributed by atoms with Crippen LogP contribution in [0.4, 0.5) is 0 Å². The molecule has 0 bridgehead atoms. The fourth-order valence-electron chi connectivity index (χ4n) is 3.72. The summed E-state index contributed by atoms with van der Waals surface area (Å²) in [7, 11) is 1.57. The highest BCUT2D eigenvalue weighted by molar-refractivity contribution is 6.28. The van der Waals surface area contributed by atoms with E-state index in [0.717, 1.165) is 16.9 Å². The molecule has 1 aliphatic heterocycles. The van der Waals surface area contributed by atoms with Gasteiger partial charge in [-0.3, -0.25) is 4.79 Å². The Labute approximate surface area is 185 Å². The molecule has 0 spiro atoms. The zero-order chi connectivity index (χ0) is 22.1. The molecule has 5 nitrogen and oxygen atoms in total. The summed E-state index contributed by atoms with van der Waals surface area (Å²) >= 11 is 0. The lowest BCUT2D eigenvalue weighted by Crippen LogP contribution is -2.18. The molecule has 0 saturated carbocycles. The van der Waals surface area contributed by atoms with E-state index in [0.29, 0.717) is 28.0 Å². The smallest absolute Gasteiger partial charge is 0.231 e. The molecule has 3 aromatic carbocycles. The third-order valence-corrected chi connectivity index (χ3v) is 5.43. The molecule has 0 saturated heterocycles. The number of fused-ring (bicyclic) bond motifs is 2. The second-order valence-corrected chi connectivity index (χ2v) is 7.55. The van der Waals surface area contributed by atoms with Crippen LogP contribution in [0, 0.1) is 0 Å². The number of hydrogen-bond donors (Lipinski definition) is 0. The first-order valence-electron chi connectivity index (χ1n) is 10.4. The van der Waals surface area contributed by atoms with Gasteiger partial charge in [0.1, 0.15) is 23.1 Å². The Morgan fingerprint density at radius 2 is 1.84 bits per heavy atom. The second-order valence-electron chi connectivity index (χ2n) is 7.55. The molecule has 32 heavy (non-hydrogen) atoms. The van der Waals surface area contributed by atoms with Crippen LogP contribution in [0.2, 0.25) is 0 Å². The lowest BCUT2D eigenvalue weighted by molar-refractivity contribution is 0.105. The molecule has 0 N–H and O–H groups in total. The molecule has 5 heteroatoms. The normalized spacial score (nSPS) is 15.6. The van der Waals surface area contributed by atoms with Crippen LogP contribution in [-0.4, -0.2) is 24.0 Å². The molecule has 1 aromatic heterocycles. The fourth-order valence-corrected chi connectivity index (χ4v) is 3.72. The van der Waals surface area contributed by atoms with Crippen LogP contribution >= 0.6 is 0 Å². The average Bonchev–Trinajstić information content (AvgIpc) is 3.26. The van der Waals surface area contributed by atoms with E-state index in [1.165, 1.54) is 0 Å². The van der Waals surface area contributed by atoms with E-state index >= 15 is 0 Å². The van der Waals surface area contributed by atoms with E-state index in [1.807, 2.05) is 67.6 Å². The van der Waals surface area contributed by atoms with Gasteiger partial charge in [-0.05, 0) is 55.0 Å². The summed E-state index contributed by atoms with van der Waals surface area (Å²) in [5, 5.41) is 0. The lowest BCUT2D eigenvalue weighted by atomic mass is 9.96. The Hall–Kier alpha value is -4.12. The van der Waals surface area contributed by atoms with E-state index in [9.17, 15) is 4.79 Å². The van der Waals surface area contributed by atoms with Gasteiger partial charge in [0.25, 0.3) is 0 Å². The first-order valence-corrected chi connectivity index (χ1v) is 10.4. The molecule has 0 aliphatic carbocycles. The van der Waals surface area contributed by atoms with E-state index in [-0.39, 0.29) is 17.8 Å². The zero-order valence-corrected chi connectivity index (χ0v) is 17.7. The Bertz CT molecular complexity index is 1350. The number of methoxy groups -OCH3 is 1. The molecule has 0 amide bonds. The lowest BCUT2D eigenvalue weighted by Gasteiger charge is -2.23. The van der Waals surface area contributed by atoms with Crippen molar-refractivity contribution in [1.29, 1.82) is 0 Å². The van der Waals surface area contributed by atoms with Crippen molar-refractivity contribution in [2.45, 2.75) is 13.0 Å². The van der Waals surface area contributed by atoms with Gasteiger partial charge in [-0.25, -0.2) is 4.98 Å². The molecule has 1 aliphatic rings. The van der Waals surface area contributed by atoms with Crippen molar-refractivity contribution < 1.29 is 18.7 Å². The number of carbonyl (C=O) groups excluding carboxylic acids is 1. The van der Waals surface area contributed by atoms with Gasteiger partial charge in [0, 0.05) is 11.1 Å². The van der Waals surface area contributed by atoms with Gasteiger partial charge < -0.3 is 13.9 Å². The van der Waals surface area contributed by atoms with Crippen LogP contribution in [0.15, 0.2) is 88.9 Å². The summed E-state index contributed by atoms with van der Waals surface area (Å²) in [4.78, 5) is 18.2. The van der Waals surface area contributed by atoms with Gasteiger partial charge in [-0.15, -0.1) is 0 Å². The number of para-hydroxylation sites is 3. The predicted octanol–water partition coefficient (Wildman–Crippen LogP) is 5.97. The summed E-state index contributed by atoms with van der Waals surface area (Å²) in [6, 6.07) is 22.3. The monoisotopic (exact) mass is 423 g/mol. The van der Waals surface area contributed by atoms with Gasteiger partial charge in [-0.2, -0.15) is 0 Å². The van der Waals surface area contributed by atoms with Crippen molar-refractivity contribution in [2.24, 2.45) is 0 Å². The van der Waals surface area contributed by atoms with E-state index in [2.05, 4.69) is 4.98 Å². The zero-order valence-electron chi connectivity index (χ0n) is 17.7. The Kier molecular flexibility index (Phi) is 5.07. The third kappa shape index (κ3) is 3.69. The Morgan fingerprint density at radius 3 is 2.69 bits per heavy atom. The van der Waals surface area contributed by atoms with Crippen LogP contribution in [0.1, 0.15) is 28.7 Å². The molecule has 4 aromatic rings. The van der Waals surface area contributed by atoms with Crippen LogP contribution in [0.25, 0.3) is 22.7 Å². The first kappa shape index (κ1) is 19.8. The molecule has 0 unspecified atom stereocenters. The number of aromatic nitrogens is 1. The minimum atomic E-state index is -0.234. The Balaban J connectivity index is 1.66. The largest absolute Gasteiger partial charge is 0.497 e. The molecule has 5 rings (SSSR count). The summed E-state index contributed by atoms with van der Waals surface area (Å²) in [6.07, 6.45) is 3.61. The second kappa shape index (κ2) is 8.19. The standard InChI is InChI=1S/C27H21NO4/c1-17-20(14-18-8-3-5-12-24(18)31-17)16-22(26(29)19-9-7-10-21(15-19)30-2)27-28-23-11-4-6-13-25(23)32-27/h3-17H,1-2H3/b22-16-/t17-/m1/s1. The van der Waals surface area contributed by atoms with Gasteiger partial charge in [-0.1, -0.05) is 42.5 Å². The molecule has 158 valence electrons. The van der Waals surface area contributed by atoms with Crippen LogP contribution in [0.5, 0.6) is 11.5 Å². The number of ether oxygens (including phenoxy) is 2. The maximum Gasteiger partial charge on any atom is 0.231 e.